The molecule has 15 heavy (non-hydrogen) atoms. The van der Waals surface area contributed by atoms with Gasteiger partial charge in [0.25, 0.3) is 5.91 Å². The van der Waals surface area contributed by atoms with Crippen LogP contribution in [0.4, 0.5) is 0 Å². The summed E-state index contributed by atoms with van der Waals surface area (Å²) in [4.78, 5) is 11.7. The molecule has 0 spiro atoms. The summed E-state index contributed by atoms with van der Waals surface area (Å²) in [7, 11) is 0. The van der Waals surface area contributed by atoms with Crippen LogP contribution < -0.4 is 10.6 Å². The molecule has 1 aromatic rings. The average molecular weight is 209 g/mol. The van der Waals surface area contributed by atoms with E-state index in [-0.39, 0.29) is 11.9 Å². The van der Waals surface area contributed by atoms with E-state index in [0.717, 1.165) is 25.9 Å². The number of amides is 1. The van der Waals surface area contributed by atoms with Gasteiger partial charge in [0.2, 0.25) is 0 Å². The molecule has 0 aromatic carbocycles. The van der Waals surface area contributed by atoms with Crippen molar-refractivity contribution in [3.05, 3.63) is 17.5 Å². The number of aromatic nitrogens is 1. The molecule has 1 aromatic heterocycles. The van der Waals surface area contributed by atoms with Crippen molar-refractivity contribution in [1.82, 2.24) is 15.8 Å². The third-order valence-electron chi connectivity index (χ3n) is 2.49. The molecular formula is C10H15N3O2. The average Bonchev–Trinajstić information content (AvgIpc) is 2.66. The summed E-state index contributed by atoms with van der Waals surface area (Å²) in [6.07, 6.45) is 2.12. The molecule has 0 radical (unpaired) electrons. The van der Waals surface area contributed by atoms with Gasteiger partial charge in [0.1, 0.15) is 5.76 Å². The lowest BCUT2D eigenvalue weighted by Crippen LogP contribution is -2.45. The maximum absolute atomic E-state index is 11.7. The van der Waals surface area contributed by atoms with E-state index < -0.39 is 0 Å². The van der Waals surface area contributed by atoms with Gasteiger partial charge >= 0.3 is 0 Å². The number of aryl methyl sites for hydroxylation is 1. The van der Waals surface area contributed by atoms with Crippen LogP contribution >= 0.6 is 0 Å². The Labute approximate surface area is 88.2 Å². The van der Waals surface area contributed by atoms with Crippen LogP contribution in [-0.2, 0) is 0 Å². The van der Waals surface area contributed by atoms with E-state index in [4.69, 9.17) is 4.52 Å². The van der Waals surface area contributed by atoms with E-state index in [1.807, 2.05) is 0 Å². The van der Waals surface area contributed by atoms with Crippen LogP contribution in [0.15, 0.2) is 10.6 Å². The van der Waals surface area contributed by atoms with E-state index in [1.165, 1.54) is 0 Å². The van der Waals surface area contributed by atoms with Crippen LogP contribution in [0.25, 0.3) is 0 Å². The molecule has 1 aliphatic rings. The molecule has 1 saturated heterocycles. The van der Waals surface area contributed by atoms with Crippen molar-refractivity contribution >= 4 is 5.91 Å². The van der Waals surface area contributed by atoms with Crippen LogP contribution in [0.2, 0.25) is 0 Å². The molecule has 5 nitrogen and oxygen atoms in total. The van der Waals surface area contributed by atoms with Gasteiger partial charge in [-0.1, -0.05) is 5.16 Å². The van der Waals surface area contributed by atoms with Crippen molar-refractivity contribution in [2.24, 2.45) is 0 Å². The molecule has 0 unspecified atom stereocenters. The Kier molecular flexibility index (Phi) is 3.01. The predicted molar refractivity (Wildman–Crippen MR) is 54.6 cm³/mol. The lowest BCUT2D eigenvalue weighted by Gasteiger charge is -2.23. The van der Waals surface area contributed by atoms with Gasteiger partial charge in [0.15, 0.2) is 5.69 Å². The van der Waals surface area contributed by atoms with Crippen molar-refractivity contribution in [1.29, 1.82) is 0 Å². The zero-order valence-electron chi connectivity index (χ0n) is 8.75. The van der Waals surface area contributed by atoms with E-state index in [9.17, 15) is 4.79 Å². The quantitative estimate of drug-likeness (QED) is 0.742. The van der Waals surface area contributed by atoms with Crippen molar-refractivity contribution in [3.8, 4) is 0 Å². The zero-order valence-corrected chi connectivity index (χ0v) is 8.75. The van der Waals surface area contributed by atoms with Gasteiger partial charge in [-0.05, 0) is 26.3 Å². The van der Waals surface area contributed by atoms with Crippen LogP contribution in [0.5, 0.6) is 0 Å². The summed E-state index contributed by atoms with van der Waals surface area (Å²) in [6.45, 7) is 3.64. The lowest BCUT2D eigenvalue weighted by atomic mass is 10.1. The van der Waals surface area contributed by atoms with Crippen molar-refractivity contribution < 1.29 is 9.32 Å². The summed E-state index contributed by atoms with van der Waals surface area (Å²) in [5.41, 5.74) is 0.359. The number of hydrogen-bond donors (Lipinski definition) is 2. The monoisotopic (exact) mass is 209 g/mol. The van der Waals surface area contributed by atoms with E-state index in [1.54, 1.807) is 13.0 Å². The number of nitrogens with zero attached hydrogens (tertiary/aromatic N) is 1. The van der Waals surface area contributed by atoms with E-state index in [0.29, 0.717) is 11.5 Å². The first-order valence-corrected chi connectivity index (χ1v) is 5.20. The first kappa shape index (κ1) is 10.2. The molecule has 0 saturated carbocycles. The highest BCUT2D eigenvalue weighted by molar-refractivity contribution is 5.92. The SMILES string of the molecule is Cc1cc(C(=O)N[C@H]2CCCNC2)no1. The summed E-state index contributed by atoms with van der Waals surface area (Å²) in [6, 6.07) is 1.86. The Bertz CT molecular complexity index is 342. The Morgan fingerprint density at radius 2 is 2.60 bits per heavy atom. The largest absolute Gasteiger partial charge is 0.361 e. The fourth-order valence-corrected chi connectivity index (χ4v) is 1.71. The van der Waals surface area contributed by atoms with E-state index in [2.05, 4.69) is 15.8 Å². The van der Waals surface area contributed by atoms with Gasteiger partial charge in [-0.25, -0.2) is 0 Å². The molecule has 0 aliphatic carbocycles. The zero-order chi connectivity index (χ0) is 10.7. The molecule has 1 amide bonds. The first-order valence-electron chi connectivity index (χ1n) is 5.20. The molecule has 82 valence electrons. The minimum absolute atomic E-state index is 0.152. The van der Waals surface area contributed by atoms with E-state index >= 15 is 0 Å². The van der Waals surface area contributed by atoms with Crippen LogP contribution in [-0.4, -0.2) is 30.2 Å². The summed E-state index contributed by atoms with van der Waals surface area (Å²) in [5, 5.41) is 9.84. The number of nitrogens with one attached hydrogen (secondary N) is 2. The first-order chi connectivity index (χ1) is 7.25. The third kappa shape index (κ3) is 2.56. The topological polar surface area (TPSA) is 67.2 Å². The molecule has 1 fully saturated rings. The molecule has 5 heteroatoms. The van der Waals surface area contributed by atoms with Crippen molar-refractivity contribution in [2.75, 3.05) is 13.1 Å². The van der Waals surface area contributed by atoms with Gasteiger partial charge in [-0.3, -0.25) is 4.79 Å². The van der Waals surface area contributed by atoms with Crippen LogP contribution in [0, 0.1) is 6.92 Å². The number of carbonyl (C=O) groups excluding carboxylic acids is 1. The number of rotatable bonds is 2. The number of hydrogen-bond acceptors (Lipinski definition) is 4. The minimum atomic E-state index is -0.152. The Morgan fingerprint density at radius 3 is 3.20 bits per heavy atom. The smallest absolute Gasteiger partial charge is 0.273 e. The number of carbonyl (C=O) groups is 1. The molecule has 2 heterocycles. The normalized spacial score (nSPS) is 21.3. The summed E-state index contributed by atoms with van der Waals surface area (Å²) >= 11 is 0. The van der Waals surface area contributed by atoms with Crippen molar-refractivity contribution in [3.63, 3.8) is 0 Å². The fourth-order valence-electron chi connectivity index (χ4n) is 1.71. The second kappa shape index (κ2) is 4.44. The van der Waals surface area contributed by atoms with Gasteiger partial charge in [0.05, 0.1) is 0 Å². The standard InChI is InChI=1S/C10H15N3O2/c1-7-5-9(13-15-7)10(14)12-8-3-2-4-11-6-8/h5,8,11H,2-4,6H2,1H3,(H,12,14)/t8-/m0/s1. The van der Waals surface area contributed by atoms with Gasteiger partial charge in [-0.2, -0.15) is 0 Å². The highest BCUT2D eigenvalue weighted by Gasteiger charge is 2.18. The van der Waals surface area contributed by atoms with Gasteiger partial charge in [-0.15, -0.1) is 0 Å². The molecule has 2 N–H and O–H groups in total. The van der Waals surface area contributed by atoms with Crippen molar-refractivity contribution in [2.45, 2.75) is 25.8 Å². The highest BCUT2D eigenvalue weighted by atomic mass is 16.5. The molecule has 1 atom stereocenters. The Hall–Kier alpha value is -1.36. The second-order valence-electron chi connectivity index (χ2n) is 3.84. The Morgan fingerprint density at radius 1 is 1.73 bits per heavy atom. The maximum Gasteiger partial charge on any atom is 0.273 e. The minimum Gasteiger partial charge on any atom is -0.361 e. The number of piperidine rings is 1. The van der Waals surface area contributed by atoms with Crippen LogP contribution in [0.1, 0.15) is 29.1 Å². The van der Waals surface area contributed by atoms with Gasteiger partial charge in [0, 0.05) is 18.7 Å². The molecular weight excluding hydrogens is 194 g/mol. The fraction of sp³-hybridized carbons (Fsp3) is 0.600. The predicted octanol–water partition coefficient (Wildman–Crippen LogP) is 0.465. The van der Waals surface area contributed by atoms with Gasteiger partial charge < -0.3 is 15.2 Å². The third-order valence-corrected chi connectivity index (χ3v) is 2.49. The second-order valence-corrected chi connectivity index (χ2v) is 3.84. The lowest BCUT2D eigenvalue weighted by molar-refractivity contribution is 0.0921. The summed E-state index contributed by atoms with van der Waals surface area (Å²) < 4.78 is 4.85. The maximum atomic E-state index is 11.7. The Balaban J connectivity index is 1.91. The van der Waals surface area contributed by atoms with Crippen LogP contribution in [0.3, 0.4) is 0 Å². The summed E-state index contributed by atoms with van der Waals surface area (Å²) in [5.74, 6) is 0.502. The molecule has 0 bridgehead atoms. The molecule has 2 rings (SSSR count). The highest BCUT2D eigenvalue weighted by Crippen LogP contribution is 2.05. The molecule has 1 aliphatic heterocycles.